The zero-order chi connectivity index (χ0) is 15.9. The van der Waals surface area contributed by atoms with Crippen LogP contribution in [0.5, 0.6) is 5.75 Å². The molecule has 1 aromatic carbocycles. The Morgan fingerprint density at radius 1 is 1.14 bits per heavy atom. The molecule has 1 aromatic rings. The lowest BCUT2D eigenvalue weighted by molar-refractivity contribution is -1.00. The molecule has 1 aliphatic rings. The van der Waals surface area contributed by atoms with Gasteiger partial charge in [0.05, 0.1) is 20.2 Å². The van der Waals surface area contributed by atoms with Crippen LogP contribution in [0.4, 0.5) is 0 Å². The van der Waals surface area contributed by atoms with Gasteiger partial charge in [0.15, 0.2) is 0 Å². The molecular weight excluding hydrogens is 340 g/mol. The number of likely N-dealkylation sites (N-methyl/N-ethyl adjacent to an activating group) is 1. The summed E-state index contributed by atoms with van der Waals surface area (Å²) < 4.78 is 7.15. The van der Waals surface area contributed by atoms with Crippen LogP contribution in [-0.4, -0.2) is 46.4 Å². The number of ether oxygens (including phenoxy) is 1. The average Bonchev–Trinajstić information content (AvgIpc) is 2.50. The molecule has 0 radical (unpaired) electrons. The first-order valence-corrected chi connectivity index (χ1v) is 9.42. The number of benzene rings is 1. The van der Waals surface area contributed by atoms with Crippen molar-refractivity contribution in [1.82, 2.24) is 0 Å². The first kappa shape index (κ1) is 17.8. The second-order valence-electron chi connectivity index (χ2n) is 6.85. The van der Waals surface area contributed by atoms with Crippen LogP contribution in [0.25, 0.3) is 0 Å². The van der Waals surface area contributed by atoms with Crippen LogP contribution in [0.2, 0.25) is 0 Å². The van der Waals surface area contributed by atoms with Gasteiger partial charge in [-0.25, -0.2) is 0 Å². The van der Waals surface area contributed by atoms with Crippen molar-refractivity contribution in [3.63, 3.8) is 0 Å². The van der Waals surface area contributed by atoms with Crippen molar-refractivity contribution in [2.24, 2.45) is 0 Å². The standard InChI is InChI=1S/C18H29BrN2O/c1-15(2)17-14-16(19)6-7-18(17)22-13-5-4-8-21-11-9-20(3)10-12-21/h6-7,14-15H,4-5,8-13H2,1-3H3/p+2. The Morgan fingerprint density at radius 3 is 2.55 bits per heavy atom. The van der Waals surface area contributed by atoms with Gasteiger partial charge in [-0.05, 0) is 42.5 Å². The summed E-state index contributed by atoms with van der Waals surface area (Å²) in [6, 6.07) is 6.34. The third-order valence-electron chi connectivity index (χ3n) is 4.59. The van der Waals surface area contributed by atoms with E-state index in [1.807, 2.05) is 0 Å². The van der Waals surface area contributed by atoms with Crippen LogP contribution >= 0.6 is 15.9 Å². The van der Waals surface area contributed by atoms with Crippen molar-refractivity contribution in [1.29, 1.82) is 0 Å². The van der Waals surface area contributed by atoms with E-state index in [1.54, 1.807) is 9.80 Å². The highest BCUT2D eigenvalue weighted by Crippen LogP contribution is 2.29. The SMILES string of the molecule is CC(C)c1cc(Br)ccc1OCCCC[NH+]1CC[NH+](C)CC1. The predicted molar refractivity (Wildman–Crippen MR) is 95.1 cm³/mol. The number of hydrogen-bond acceptors (Lipinski definition) is 1. The Balaban J connectivity index is 1.68. The van der Waals surface area contributed by atoms with Crippen molar-refractivity contribution in [3.05, 3.63) is 28.2 Å². The fourth-order valence-electron chi connectivity index (χ4n) is 3.04. The van der Waals surface area contributed by atoms with Crippen LogP contribution < -0.4 is 14.5 Å². The van der Waals surface area contributed by atoms with Gasteiger partial charge in [0.25, 0.3) is 0 Å². The Hall–Kier alpha value is -0.580. The third kappa shape index (κ3) is 5.56. The number of nitrogens with one attached hydrogen (secondary N) is 2. The summed E-state index contributed by atoms with van der Waals surface area (Å²) >= 11 is 3.55. The predicted octanol–water partition coefficient (Wildman–Crippen LogP) is 1.14. The average molecular weight is 371 g/mol. The molecule has 0 atom stereocenters. The van der Waals surface area contributed by atoms with Gasteiger partial charge in [-0.1, -0.05) is 29.8 Å². The van der Waals surface area contributed by atoms with Crippen molar-refractivity contribution in [3.8, 4) is 5.75 Å². The smallest absolute Gasteiger partial charge is 0.127 e. The number of piperazine rings is 1. The lowest BCUT2D eigenvalue weighted by atomic mass is 10.0. The summed E-state index contributed by atoms with van der Waals surface area (Å²) in [5, 5.41) is 0. The molecule has 0 saturated carbocycles. The Morgan fingerprint density at radius 2 is 1.86 bits per heavy atom. The third-order valence-corrected chi connectivity index (χ3v) is 5.08. The van der Waals surface area contributed by atoms with Crippen LogP contribution in [0.3, 0.4) is 0 Å². The topological polar surface area (TPSA) is 18.1 Å². The summed E-state index contributed by atoms with van der Waals surface area (Å²) in [7, 11) is 2.30. The van der Waals surface area contributed by atoms with Gasteiger partial charge >= 0.3 is 0 Å². The number of halogens is 1. The summed E-state index contributed by atoms with van der Waals surface area (Å²) in [4.78, 5) is 3.46. The van der Waals surface area contributed by atoms with E-state index in [1.165, 1.54) is 44.7 Å². The van der Waals surface area contributed by atoms with Gasteiger partial charge in [0, 0.05) is 4.47 Å². The van der Waals surface area contributed by atoms with Gasteiger partial charge in [-0.3, -0.25) is 0 Å². The van der Waals surface area contributed by atoms with E-state index < -0.39 is 0 Å². The van der Waals surface area contributed by atoms with E-state index in [0.717, 1.165) is 23.2 Å². The minimum absolute atomic E-state index is 0.491. The minimum Gasteiger partial charge on any atom is -0.493 e. The Kier molecular flexibility index (Phi) is 7.19. The molecule has 0 bridgehead atoms. The molecule has 1 aliphatic heterocycles. The quantitative estimate of drug-likeness (QED) is 0.688. The highest BCUT2D eigenvalue weighted by atomic mass is 79.9. The molecule has 124 valence electrons. The number of quaternary nitrogens is 2. The van der Waals surface area contributed by atoms with Crippen molar-refractivity contribution in [2.45, 2.75) is 32.6 Å². The van der Waals surface area contributed by atoms with Crippen LogP contribution in [0.1, 0.15) is 38.2 Å². The minimum atomic E-state index is 0.491. The van der Waals surface area contributed by atoms with Gasteiger partial charge in [0.2, 0.25) is 0 Å². The molecule has 4 heteroatoms. The molecule has 0 aromatic heterocycles. The van der Waals surface area contributed by atoms with Crippen molar-refractivity contribution >= 4 is 15.9 Å². The Labute approximate surface area is 143 Å². The lowest BCUT2D eigenvalue weighted by Gasteiger charge is -2.27. The Bertz CT molecular complexity index is 456. The molecule has 0 unspecified atom stereocenters. The normalized spacial score (nSPS) is 22.0. The maximum absolute atomic E-state index is 6.03. The van der Waals surface area contributed by atoms with Crippen LogP contribution in [-0.2, 0) is 0 Å². The number of hydrogen-bond donors (Lipinski definition) is 2. The molecule has 1 fully saturated rings. The van der Waals surface area contributed by atoms with Crippen molar-refractivity contribution in [2.75, 3.05) is 46.4 Å². The summed E-state index contributed by atoms with van der Waals surface area (Å²) in [6.45, 7) is 11.9. The van der Waals surface area contributed by atoms with Crippen molar-refractivity contribution < 1.29 is 14.5 Å². The van der Waals surface area contributed by atoms with Gasteiger partial charge in [-0.2, -0.15) is 0 Å². The first-order chi connectivity index (χ1) is 10.6. The summed E-state index contributed by atoms with van der Waals surface area (Å²) in [5.74, 6) is 1.54. The lowest BCUT2D eigenvalue weighted by Crippen LogP contribution is -3.27. The monoisotopic (exact) mass is 370 g/mol. The van der Waals surface area contributed by atoms with Gasteiger partial charge in [-0.15, -0.1) is 0 Å². The van der Waals surface area contributed by atoms with Gasteiger partial charge < -0.3 is 14.5 Å². The molecule has 2 rings (SSSR count). The molecule has 3 nitrogen and oxygen atoms in total. The van der Waals surface area contributed by atoms with Gasteiger partial charge in [0.1, 0.15) is 31.9 Å². The van der Waals surface area contributed by atoms with E-state index in [9.17, 15) is 0 Å². The van der Waals surface area contributed by atoms with E-state index in [4.69, 9.17) is 4.74 Å². The molecule has 0 amide bonds. The van der Waals surface area contributed by atoms with E-state index in [-0.39, 0.29) is 0 Å². The molecule has 2 N–H and O–H groups in total. The molecule has 0 spiro atoms. The highest BCUT2D eigenvalue weighted by Gasteiger charge is 2.18. The van der Waals surface area contributed by atoms with Crippen LogP contribution in [0.15, 0.2) is 22.7 Å². The molecule has 1 heterocycles. The number of unbranched alkanes of at least 4 members (excludes halogenated alkanes) is 1. The fraction of sp³-hybridized carbons (Fsp3) is 0.667. The molecule has 1 saturated heterocycles. The van der Waals surface area contributed by atoms with E-state index >= 15 is 0 Å². The second-order valence-corrected chi connectivity index (χ2v) is 7.77. The maximum atomic E-state index is 6.03. The second kappa shape index (κ2) is 8.90. The summed E-state index contributed by atoms with van der Waals surface area (Å²) in [5.41, 5.74) is 1.29. The number of rotatable bonds is 7. The maximum Gasteiger partial charge on any atom is 0.127 e. The molecular formula is C18H31BrN2O+2. The molecule has 0 aliphatic carbocycles. The van der Waals surface area contributed by atoms with E-state index in [0.29, 0.717) is 5.92 Å². The molecule has 22 heavy (non-hydrogen) atoms. The zero-order valence-electron chi connectivity index (χ0n) is 14.3. The highest BCUT2D eigenvalue weighted by molar-refractivity contribution is 9.10. The fourth-order valence-corrected chi connectivity index (χ4v) is 3.42. The largest absolute Gasteiger partial charge is 0.493 e. The summed E-state index contributed by atoms with van der Waals surface area (Å²) in [6.07, 6.45) is 2.42. The first-order valence-electron chi connectivity index (χ1n) is 8.63. The zero-order valence-corrected chi connectivity index (χ0v) is 15.8. The van der Waals surface area contributed by atoms with Crippen LogP contribution in [0, 0.1) is 0 Å². The van der Waals surface area contributed by atoms with E-state index in [2.05, 4.69) is 55.0 Å².